The summed E-state index contributed by atoms with van der Waals surface area (Å²) in [7, 11) is -2.98. The van der Waals surface area contributed by atoms with Gasteiger partial charge in [0.15, 0.2) is 9.84 Å². The molecule has 0 aromatic carbocycles. The van der Waals surface area contributed by atoms with E-state index in [4.69, 9.17) is 0 Å². The van der Waals surface area contributed by atoms with Gasteiger partial charge in [-0.25, -0.2) is 13.4 Å². The van der Waals surface area contributed by atoms with Crippen LogP contribution in [-0.2, 0) is 27.6 Å². The van der Waals surface area contributed by atoms with Crippen LogP contribution in [0.2, 0.25) is 0 Å². The number of carboxylic acid groups (broad SMARTS) is 1. The molecule has 1 fully saturated rings. The van der Waals surface area contributed by atoms with Gasteiger partial charge in [-0.3, -0.25) is 4.79 Å². The number of hydrogen-bond acceptors (Lipinski definition) is 4. The first-order chi connectivity index (χ1) is 9.47. The molecule has 110 valence electrons. The maximum absolute atomic E-state index is 11.9. The van der Waals surface area contributed by atoms with Gasteiger partial charge < -0.3 is 9.67 Å². The minimum atomic E-state index is -2.98. The first-order valence-corrected chi connectivity index (χ1v) is 8.69. The summed E-state index contributed by atoms with van der Waals surface area (Å²) >= 11 is 0. The van der Waals surface area contributed by atoms with Gasteiger partial charge >= 0.3 is 5.97 Å². The Labute approximate surface area is 117 Å². The lowest BCUT2D eigenvalue weighted by molar-refractivity contribution is -0.139. The van der Waals surface area contributed by atoms with E-state index in [1.165, 1.54) is 0 Å². The second kappa shape index (κ2) is 4.87. The van der Waals surface area contributed by atoms with Crippen LogP contribution >= 0.6 is 0 Å². The van der Waals surface area contributed by atoms with Crippen LogP contribution in [0.1, 0.15) is 43.1 Å². The number of carbonyl (C=O) groups is 1. The number of sulfone groups is 1. The number of rotatable bonds is 3. The zero-order valence-electron chi connectivity index (χ0n) is 11.2. The van der Waals surface area contributed by atoms with Gasteiger partial charge in [-0.15, -0.1) is 0 Å². The molecule has 3 heterocycles. The predicted molar refractivity (Wildman–Crippen MR) is 72.4 cm³/mol. The number of fused-ring (bicyclic) bond motifs is 1. The van der Waals surface area contributed by atoms with Crippen molar-refractivity contribution in [2.24, 2.45) is 0 Å². The van der Waals surface area contributed by atoms with Crippen LogP contribution in [0.5, 0.6) is 0 Å². The smallest absolute Gasteiger partial charge is 0.314 e. The lowest BCUT2D eigenvalue weighted by atomic mass is 9.99. The number of aliphatic carboxylic acids is 1. The summed E-state index contributed by atoms with van der Waals surface area (Å²) in [5.41, 5.74) is 0.712. The highest BCUT2D eigenvalue weighted by Gasteiger charge is 2.33. The van der Waals surface area contributed by atoms with Gasteiger partial charge in [0.1, 0.15) is 11.7 Å². The molecule has 0 bridgehead atoms. The van der Waals surface area contributed by atoms with Crippen LogP contribution in [0.15, 0.2) is 6.20 Å². The molecule has 1 aromatic heterocycles. The first-order valence-electron chi connectivity index (χ1n) is 6.98. The molecule has 1 aromatic rings. The molecule has 0 amide bonds. The van der Waals surface area contributed by atoms with Gasteiger partial charge in [0.2, 0.25) is 0 Å². The number of aromatic nitrogens is 2. The predicted octanol–water partition coefficient (Wildman–Crippen LogP) is 0.965. The molecule has 0 spiro atoms. The fourth-order valence-electron chi connectivity index (χ4n) is 3.19. The fourth-order valence-corrected chi connectivity index (χ4v) is 5.04. The van der Waals surface area contributed by atoms with Crippen molar-refractivity contribution in [2.75, 3.05) is 5.75 Å². The molecule has 2 aliphatic heterocycles. The molecule has 6 nitrogen and oxygen atoms in total. The van der Waals surface area contributed by atoms with Crippen molar-refractivity contribution in [3.05, 3.63) is 17.7 Å². The molecule has 20 heavy (non-hydrogen) atoms. The van der Waals surface area contributed by atoms with Gasteiger partial charge in [0.25, 0.3) is 0 Å². The number of nitrogens with zero attached hydrogens (tertiary/aromatic N) is 2. The van der Waals surface area contributed by atoms with E-state index in [9.17, 15) is 18.3 Å². The van der Waals surface area contributed by atoms with Crippen molar-refractivity contribution in [3.63, 3.8) is 0 Å². The molecule has 2 atom stereocenters. The Hall–Kier alpha value is -1.37. The van der Waals surface area contributed by atoms with Crippen LogP contribution in [0.25, 0.3) is 0 Å². The Kier molecular flexibility index (Phi) is 3.32. The van der Waals surface area contributed by atoms with Gasteiger partial charge in [0.05, 0.1) is 16.7 Å². The second-order valence-electron chi connectivity index (χ2n) is 5.65. The number of hydrogen-bond donors (Lipinski definition) is 1. The molecule has 0 saturated carbocycles. The largest absolute Gasteiger partial charge is 0.481 e. The van der Waals surface area contributed by atoms with Gasteiger partial charge in [-0.2, -0.15) is 0 Å². The summed E-state index contributed by atoms with van der Waals surface area (Å²) in [4.78, 5) is 15.6. The Morgan fingerprint density at radius 1 is 1.40 bits per heavy atom. The van der Waals surface area contributed by atoms with Crippen molar-refractivity contribution >= 4 is 15.8 Å². The van der Waals surface area contributed by atoms with E-state index in [0.717, 1.165) is 19.4 Å². The van der Waals surface area contributed by atoms with Crippen molar-refractivity contribution in [2.45, 2.75) is 49.8 Å². The third-order valence-corrected chi connectivity index (χ3v) is 6.53. The molecule has 1 saturated heterocycles. The van der Waals surface area contributed by atoms with E-state index in [2.05, 4.69) is 4.98 Å². The van der Waals surface area contributed by atoms with E-state index in [1.54, 1.807) is 0 Å². The average molecular weight is 298 g/mol. The van der Waals surface area contributed by atoms with E-state index >= 15 is 0 Å². The van der Waals surface area contributed by atoms with Gasteiger partial charge in [0, 0.05) is 19.2 Å². The van der Waals surface area contributed by atoms with Crippen LogP contribution in [-0.4, -0.2) is 40.0 Å². The average Bonchev–Trinajstić information content (AvgIpc) is 2.92. The summed E-state index contributed by atoms with van der Waals surface area (Å²) in [5.74, 6) is -0.563. The zero-order chi connectivity index (χ0) is 14.3. The number of aryl methyl sites for hydroxylation is 1. The zero-order valence-corrected chi connectivity index (χ0v) is 12.0. The quantitative estimate of drug-likeness (QED) is 0.898. The topological polar surface area (TPSA) is 89.3 Å². The molecule has 7 heteroatoms. The lowest BCUT2D eigenvalue weighted by Gasteiger charge is -2.19. The highest BCUT2D eigenvalue weighted by Crippen LogP contribution is 2.29. The maximum atomic E-state index is 11.9. The Bertz CT molecular complexity index is 635. The fraction of sp³-hybridized carbons (Fsp3) is 0.692. The van der Waals surface area contributed by atoms with E-state index < -0.39 is 21.7 Å². The van der Waals surface area contributed by atoms with Crippen molar-refractivity contribution in [1.29, 1.82) is 0 Å². The number of carboxylic acids is 1. The highest BCUT2D eigenvalue weighted by atomic mass is 32.2. The minimum absolute atomic E-state index is 0.267. The number of imidazole rings is 1. The summed E-state index contributed by atoms with van der Waals surface area (Å²) in [6.07, 6.45) is 5.08. The molecule has 0 radical (unpaired) electrons. The standard InChI is InChI=1S/C13H18N2O4S/c16-13(17)11-4-1-5-15-8-9(14-12(11)15)7-10-3-2-6-20(10,18)19/h8,10-11H,1-7H2,(H,16,17). The van der Waals surface area contributed by atoms with Crippen LogP contribution < -0.4 is 0 Å². The monoisotopic (exact) mass is 298 g/mol. The van der Waals surface area contributed by atoms with Crippen molar-refractivity contribution < 1.29 is 18.3 Å². The molecule has 2 aliphatic rings. The van der Waals surface area contributed by atoms with Crippen LogP contribution in [0.3, 0.4) is 0 Å². The molecule has 3 rings (SSSR count). The maximum Gasteiger partial charge on any atom is 0.314 e. The summed E-state index contributed by atoms with van der Waals surface area (Å²) < 4.78 is 25.6. The minimum Gasteiger partial charge on any atom is -0.481 e. The summed E-state index contributed by atoms with van der Waals surface area (Å²) in [6, 6.07) is 0. The van der Waals surface area contributed by atoms with E-state index in [1.807, 2.05) is 10.8 Å². The molecule has 1 N–H and O–H groups in total. The van der Waals surface area contributed by atoms with Crippen LogP contribution in [0, 0.1) is 0 Å². The summed E-state index contributed by atoms with van der Waals surface area (Å²) in [5, 5.41) is 8.87. The second-order valence-corrected chi connectivity index (χ2v) is 8.05. The Balaban J connectivity index is 1.84. The highest BCUT2D eigenvalue weighted by molar-refractivity contribution is 7.92. The SMILES string of the molecule is O=C(O)C1CCCn2cc(CC3CCCS3(=O)=O)nc21. The van der Waals surface area contributed by atoms with Crippen LogP contribution in [0.4, 0.5) is 0 Å². The lowest BCUT2D eigenvalue weighted by Crippen LogP contribution is -2.22. The van der Waals surface area contributed by atoms with Gasteiger partial charge in [-0.05, 0) is 25.7 Å². The Morgan fingerprint density at radius 3 is 2.85 bits per heavy atom. The van der Waals surface area contributed by atoms with Crippen molar-refractivity contribution in [1.82, 2.24) is 9.55 Å². The molecule has 2 unspecified atom stereocenters. The van der Waals surface area contributed by atoms with E-state index in [-0.39, 0.29) is 11.0 Å². The van der Waals surface area contributed by atoms with Crippen molar-refractivity contribution in [3.8, 4) is 0 Å². The first kappa shape index (κ1) is 13.6. The summed E-state index contributed by atoms with van der Waals surface area (Å²) in [6.45, 7) is 0.767. The molecular formula is C13H18N2O4S. The molecule has 0 aliphatic carbocycles. The Morgan fingerprint density at radius 2 is 2.20 bits per heavy atom. The third-order valence-electron chi connectivity index (χ3n) is 4.26. The normalized spacial score (nSPS) is 28.2. The third kappa shape index (κ3) is 2.34. The van der Waals surface area contributed by atoms with Gasteiger partial charge in [-0.1, -0.05) is 0 Å². The molecular weight excluding hydrogens is 280 g/mol. The van der Waals surface area contributed by atoms with E-state index in [0.29, 0.717) is 30.8 Å².